The number of nitrogens with two attached hydrogens (primary N) is 1. The van der Waals surface area contributed by atoms with E-state index < -0.39 is 0 Å². The van der Waals surface area contributed by atoms with E-state index in [0.717, 1.165) is 33.7 Å². The molecule has 0 fully saturated rings. The van der Waals surface area contributed by atoms with Gasteiger partial charge in [-0.25, -0.2) is 4.98 Å². The van der Waals surface area contributed by atoms with Crippen molar-refractivity contribution in [1.82, 2.24) is 14.8 Å². The molecule has 2 aromatic heterocycles. The number of pyridine rings is 1. The molecule has 5 heteroatoms. The van der Waals surface area contributed by atoms with Gasteiger partial charge in [-0.1, -0.05) is 0 Å². The number of aromatic nitrogens is 3. The van der Waals surface area contributed by atoms with Gasteiger partial charge in [-0.3, -0.25) is 4.68 Å². The second-order valence-electron chi connectivity index (χ2n) is 4.83. The highest BCUT2D eigenvalue weighted by Crippen LogP contribution is 2.28. The van der Waals surface area contributed by atoms with Crippen molar-refractivity contribution in [2.24, 2.45) is 7.05 Å². The molecule has 1 aromatic carbocycles. The fourth-order valence-corrected chi connectivity index (χ4v) is 2.19. The summed E-state index contributed by atoms with van der Waals surface area (Å²) in [6.45, 7) is 3.89. The Morgan fingerprint density at radius 1 is 1.15 bits per heavy atom. The van der Waals surface area contributed by atoms with Gasteiger partial charge in [0.05, 0.1) is 11.2 Å². The lowest BCUT2D eigenvalue weighted by atomic mass is 10.2. The van der Waals surface area contributed by atoms with Gasteiger partial charge < -0.3 is 10.5 Å². The highest BCUT2D eigenvalue weighted by molar-refractivity contribution is 5.82. The van der Waals surface area contributed by atoms with Crippen molar-refractivity contribution in [3.8, 4) is 11.6 Å². The standard InChI is InChI=1S/C15H16N4O/c1-9-15(10(2)19(3)18-9)20-14-7-4-11-8-12(16)5-6-13(11)17-14/h4-8H,16H2,1-3H3. The normalized spacial score (nSPS) is 10.9. The van der Waals surface area contributed by atoms with Crippen LogP contribution in [0.1, 0.15) is 11.4 Å². The van der Waals surface area contributed by atoms with Gasteiger partial charge in [0.2, 0.25) is 5.88 Å². The van der Waals surface area contributed by atoms with Crippen LogP contribution in [0.3, 0.4) is 0 Å². The smallest absolute Gasteiger partial charge is 0.219 e. The summed E-state index contributed by atoms with van der Waals surface area (Å²) < 4.78 is 7.67. The zero-order valence-corrected chi connectivity index (χ0v) is 11.7. The number of fused-ring (bicyclic) bond motifs is 1. The van der Waals surface area contributed by atoms with Gasteiger partial charge in [0.1, 0.15) is 5.69 Å². The van der Waals surface area contributed by atoms with Crippen LogP contribution in [-0.2, 0) is 7.05 Å². The Morgan fingerprint density at radius 3 is 2.65 bits per heavy atom. The van der Waals surface area contributed by atoms with Crippen LogP contribution in [0, 0.1) is 13.8 Å². The van der Waals surface area contributed by atoms with Crippen LogP contribution in [0.15, 0.2) is 30.3 Å². The molecule has 0 atom stereocenters. The third-order valence-electron chi connectivity index (χ3n) is 3.34. The van der Waals surface area contributed by atoms with Gasteiger partial charge in [0.15, 0.2) is 5.75 Å². The molecule has 0 spiro atoms. The van der Waals surface area contributed by atoms with Crippen LogP contribution >= 0.6 is 0 Å². The molecule has 0 saturated heterocycles. The number of hydrogen-bond acceptors (Lipinski definition) is 4. The number of hydrogen-bond donors (Lipinski definition) is 1. The SMILES string of the molecule is Cc1nn(C)c(C)c1Oc1ccc2cc(N)ccc2n1. The zero-order chi connectivity index (χ0) is 14.3. The lowest BCUT2D eigenvalue weighted by Crippen LogP contribution is -1.94. The average molecular weight is 268 g/mol. The molecule has 2 heterocycles. The molecular formula is C15H16N4O. The Labute approximate surface area is 117 Å². The maximum absolute atomic E-state index is 5.87. The Kier molecular flexibility index (Phi) is 2.82. The van der Waals surface area contributed by atoms with Gasteiger partial charge in [-0.05, 0) is 38.1 Å². The van der Waals surface area contributed by atoms with Crippen molar-refractivity contribution in [2.45, 2.75) is 13.8 Å². The first-order chi connectivity index (χ1) is 9.54. The minimum atomic E-state index is 0.557. The molecule has 0 unspecified atom stereocenters. The maximum Gasteiger partial charge on any atom is 0.219 e. The Balaban J connectivity index is 2.00. The summed E-state index contributed by atoms with van der Waals surface area (Å²) in [7, 11) is 1.89. The van der Waals surface area contributed by atoms with E-state index in [4.69, 9.17) is 10.5 Å². The lowest BCUT2D eigenvalue weighted by molar-refractivity contribution is 0.457. The van der Waals surface area contributed by atoms with Crippen LogP contribution in [0.5, 0.6) is 11.6 Å². The number of aryl methyl sites for hydroxylation is 2. The first-order valence-corrected chi connectivity index (χ1v) is 6.39. The number of nitrogens with zero attached hydrogens (tertiary/aromatic N) is 3. The van der Waals surface area contributed by atoms with Crippen molar-refractivity contribution in [3.05, 3.63) is 41.7 Å². The third-order valence-corrected chi connectivity index (χ3v) is 3.34. The molecule has 0 aliphatic carbocycles. The minimum absolute atomic E-state index is 0.557. The highest BCUT2D eigenvalue weighted by atomic mass is 16.5. The number of rotatable bonds is 2. The Bertz CT molecular complexity index is 792. The van der Waals surface area contributed by atoms with Crippen LogP contribution in [-0.4, -0.2) is 14.8 Å². The molecule has 0 saturated carbocycles. The molecule has 0 aliphatic heterocycles. The van der Waals surface area contributed by atoms with E-state index in [0.29, 0.717) is 5.88 Å². The number of benzene rings is 1. The number of anilines is 1. The average Bonchev–Trinajstić information content (AvgIpc) is 2.65. The topological polar surface area (TPSA) is 66.0 Å². The Morgan fingerprint density at radius 2 is 1.95 bits per heavy atom. The monoisotopic (exact) mass is 268 g/mol. The van der Waals surface area contributed by atoms with Crippen molar-refractivity contribution in [1.29, 1.82) is 0 Å². The third kappa shape index (κ3) is 2.07. The summed E-state index contributed by atoms with van der Waals surface area (Å²) in [6.07, 6.45) is 0. The molecule has 0 bridgehead atoms. The van der Waals surface area contributed by atoms with E-state index in [1.54, 1.807) is 4.68 Å². The fourth-order valence-electron chi connectivity index (χ4n) is 2.19. The van der Waals surface area contributed by atoms with Gasteiger partial charge in [-0.15, -0.1) is 0 Å². The van der Waals surface area contributed by atoms with Crippen LogP contribution in [0.25, 0.3) is 10.9 Å². The van der Waals surface area contributed by atoms with Gasteiger partial charge in [-0.2, -0.15) is 5.10 Å². The van der Waals surface area contributed by atoms with Crippen LogP contribution < -0.4 is 10.5 Å². The summed E-state index contributed by atoms with van der Waals surface area (Å²) in [4.78, 5) is 4.49. The van der Waals surface area contributed by atoms with E-state index in [1.807, 2.05) is 51.2 Å². The predicted octanol–water partition coefficient (Wildman–Crippen LogP) is 2.96. The molecule has 2 N–H and O–H groups in total. The van der Waals surface area contributed by atoms with Crippen LogP contribution in [0.4, 0.5) is 5.69 Å². The van der Waals surface area contributed by atoms with Crippen molar-refractivity contribution in [2.75, 3.05) is 5.73 Å². The summed E-state index contributed by atoms with van der Waals surface area (Å²) in [5, 5.41) is 5.33. The maximum atomic E-state index is 5.87. The number of ether oxygens (including phenoxy) is 1. The molecule has 3 rings (SSSR count). The summed E-state index contributed by atoms with van der Waals surface area (Å²) in [5.41, 5.74) is 9.17. The summed E-state index contributed by atoms with van der Waals surface area (Å²) in [6, 6.07) is 9.41. The second kappa shape index (κ2) is 4.52. The highest BCUT2D eigenvalue weighted by Gasteiger charge is 2.12. The lowest BCUT2D eigenvalue weighted by Gasteiger charge is -2.06. The van der Waals surface area contributed by atoms with Gasteiger partial charge in [0, 0.05) is 24.2 Å². The van der Waals surface area contributed by atoms with Crippen molar-refractivity contribution in [3.63, 3.8) is 0 Å². The molecule has 102 valence electrons. The van der Waals surface area contributed by atoms with E-state index in [9.17, 15) is 0 Å². The molecule has 0 amide bonds. The van der Waals surface area contributed by atoms with E-state index in [1.165, 1.54) is 0 Å². The molecule has 20 heavy (non-hydrogen) atoms. The summed E-state index contributed by atoms with van der Waals surface area (Å²) >= 11 is 0. The minimum Gasteiger partial charge on any atom is -0.435 e. The molecule has 3 aromatic rings. The molecule has 0 aliphatic rings. The van der Waals surface area contributed by atoms with E-state index in [2.05, 4.69) is 10.1 Å². The quantitative estimate of drug-likeness (QED) is 0.726. The zero-order valence-electron chi connectivity index (χ0n) is 11.7. The second-order valence-corrected chi connectivity index (χ2v) is 4.83. The van der Waals surface area contributed by atoms with Gasteiger partial charge in [0.25, 0.3) is 0 Å². The Hall–Kier alpha value is -2.56. The summed E-state index contributed by atoms with van der Waals surface area (Å²) in [5.74, 6) is 1.32. The first kappa shape index (κ1) is 12.5. The van der Waals surface area contributed by atoms with Crippen molar-refractivity contribution < 1.29 is 4.74 Å². The first-order valence-electron chi connectivity index (χ1n) is 6.39. The van der Waals surface area contributed by atoms with Crippen LogP contribution in [0.2, 0.25) is 0 Å². The van der Waals surface area contributed by atoms with Crippen molar-refractivity contribution >= 4 is 16.6 Å². The molecular weight excluding hydrogens is 252 g/mol. The molecule has 5 nitrogen and oxygen atoms in total. The number of nitrogen functional groups attached to an aromatic ring is 1. The predicted molar refractivity (Wildman–Crippen MR) is 78.9 cm³/mol. The fraction of sp³-hybridized carbons (Fsp3) is 0.200. The van der Waals surface area contributed by atoms with E-state index in [-0.39, 0.29) is 0 Å². The molecule has 0 radical (unpaired) electrons. The van der Waals surface area contributed by atoms with E-state index >= 15 is 0 Å². The van der Waals surface area contributed by atoms with Gasteiger partial charge >= 0.3 is 0 Å². The largest absolute Gasteiger partial charge is 0.435 e.